The van der Waals surface area contributed by atoms with Crippen LogP contribution in [-0.2, 0) is 11.2 Å². The molecule has 0 atom stereocenters. The highest BCUT2D eigenvalue weighted by molar-refractivity contribution is 5.89. The number of aliphatic hydroxyl groups is 1. The smallest absolute Gasteiger partial charge is 0.337 e. The van der Waals surface area contributed by atoms with Gasteiger partial charge >= 0.3 is 5.97 Å². The van der Waals surface area contributed by atoms with E-state index in [1.54, 1.807) is 12.1 Å². The third-order valence-corrected chi connectivity index (χ3v) is 5.82. The average molecular weight is 408 g/mol. The van der Waals surface area contributed by atoms with Crippen molar-refractivity contribution >= 4 is 11.7 Å². The maximum atomic E-state index is 11.6. The number of rotatable bonds is 7. The van der Waals surface area contributed by atoms with Gasteiger partial charge in [0.2, 0.25) is 0 Å². The lowest BCUT2D eigenvalue weighted by molar-refractivity contribution is -0.0137. The highest BCUT2D eigenvalue weighted by Gasteiger charge is 2.33. The van der Waals surface area contributed by atoms with Crippen molar-refractivity contribution in [3.8, 4) is 6.07 Å². The molecule has 0 radical (unpaired) electrons. The molecule has 0 aliphatic carbocycles. The minimum Gasteiger partial charge on any atom is -0.465 e. The summed E-state index contributed by atoms with van der Waals surface area (Å²) in [5, 5.41) is 20.1. The Bertz CT molecular complexity index is 897. The molecule has 158 valence electrons. The number of likely N-dealkylation sites (tertiary alicyclic amines) is 1. The molecule has 6 nitrogen and oxygen atoms in total. The molecule has 1 N–H and O–H groups in total. The number of ether oxygens (including phenoxy) is 1. The van der Waals surface area contributed by atoms with Crippen LogP contribution in [0.15, 0.2) is 48.5 Å². The zero-order valence-electron chi connectivity index (χ0n) is 17.7. The molecular formula is C24H29N3O3. The molecule has 3 rings (SSSR count). The van der Waals surface area contributed by atoms with Crippen molar-refractivity contribution < 1.29 is 14.6 Å². The Labute approximate surface area is 178 Å². The standard InChI is InChI=1S/C24H29N3O3/c1-26(22-8-6-21(7-9-22)23(28)30-2)18-24(29)11-14-27(15-12-24)13-10-19-4-3-5-20(16-19)17-25/h3-9,16,29H,10-15,18H2,1-2H3. The summed E-state index contributed by atoms with van der Waals surface area (Å²) < 4.78 is 4.73. The van der Waals surface area contributed by atoms with Gasteiger partial charge in [-0.2, -0.15) is 5.26 Å². The summed E-state index contributed by atoms with van der Waals surface area (Å²) in [7, 11) is 3.33. The number of likely N-dealkylation sites (N-methyl/N-ethyl adjacent to an activating group) is 1. The van der Waals surface area contributed by atoms with E-state index >= 15 is 0 Å². The number of esters is 1. The number of methoxy groups -OCH3 is 1. The van der Waals surface area contributed by atoms with E-state index in [0.717, 1.165) is 44.6 Å². The predicted octanol–water partition coefficient (Wildman–Crippen LogP) is 2.85. The van der Waals surface area contributed by atoms with Crippen LogP contribution in [0.3, 0.4) is 0 Å². The van der Waals surface area contributed by atoms with Crippen molar-refractivity contribution in [2.45, 2.75) is 24.9 Å². The monoisotopic (exact) mass is 407 g/mol. The summed E-state index contributed by atoms with van der Waals surface area (Å²) in [5.41, 5.74) is 2.61. The van der Waals surface area contributed by atoms with Crippen LogP contribution in [0.2, 0.25) is 0 Å². The average Bonchev–Trinajstić information content (AvgIpc) is 2.78. The molecule has 0 amide bonds. The predicted molar refractivity (Wildman–Crippen MR) is 117 cm³/mol. The zero-order chi connectivity index (χ0) is 21.6. The molecule has 0 bridgehead atoms. The molecule has 1 aliphatic heterocycles. The van der Waals surface area contributed by atoms with E-state index in [1.807, 2.05) is 42.3 Å². The Morgan fingerprint density at radius 1 is 1.23 bits per heavy atom. The third-order valence-electron chi connectivity index (χ3n) is 5.82. The molecule has 0 aromatic heterocycles. The van der Waals surface area contributed by atoms with E-state index in [-0.39, 0.29) is 5.97 Å². The molecule has 2 aromatic rings. The number of anilines is 1. The Kier molecular flexibility index (Phi) is 7.09. The SMILES string of the molecule is COC(=O)c1ccc(N(C)CC2(O)CCN(CCc3cccc(C#N)c3)CC2)cc1. The van der Waals surface area contributed by atoms with Gasteiger partial charge in [-0.1, -0.05) is 12.1 Å². The van der Waals surface area contributed by atoms with Crippen molar-refractivity contribution in [3.05, 3.63) is 65.2 Å². The summed E-state index contributed by atoms with van der Waals surface area (Å²) in [6.45, 7) is 3.17. The highest BCUT2D eigenvalue weighted by atomic mass is 16.5. The Balaban J connectivity index is 1.49. The van der Waals surface area contributed by atoms with E-state index in [1.165, 1.54) is 12.7 Å². The number of nitrogens with zero attached hydrogens (tertiary/aromatic N) is 3. The summed E-state index contributed by atoms with van der Waals surface area (Å²) in [5.74, 6) is -0.352. The topological polar surface area (TPSA) is 76.8 Å². The van der Waals surface area contributed by atoms with Gasteiger partial charge in [0.1, 0.15) is 0 Å². The van der Waals surface area contributed by atoms with Crippen LogP contribution in [0.5, 0.6) is 0 Å². The second kappa shape index (κ2) is 9.75. The summed E-state index contributed by atoms with van der Waals surface area (Å²) >= 11 is 0. The Morgan fingerprint density at radius 2 is 1.93 bits per heavy atom. The number of benzene rings is 2. The fraction of sp³-hybridized carbons (Fsp3) is 0.417. The fourth-order valence-electron chi connectivity index (χ4n) is 3.94. The number of carbonyl (C=O) groups excluding carboxylic acids is 1. The van der Waals surface area contributed by atoms with Crippen LogP contribution in [0, 0.1) is 11.3 Å². The summed E-state index contributed by atoms with van der Waals surface area (Å²) in [6, 6.07) is 17.2. The van der Waals surface area contributed by atoms with Crippen molar-refractivity contribution in [2.24, 2.45) is 0 Å². The number of piperidine rings is 1. The second-order valence-corrected chi connectivity index (χ2v) is 8.02. The molecule has 30 heavy (non-hydrogen) atoms. The van der Waals surface area contributed by atoms with E-state index in [9.17, 15) is 9.90 Å². The van der Waals surface area contributed by atoms with Crippen LogP contribution in [0.25, 0.3) is 0 Å². The molecule has 0 saturated carbocycles. The quantitative estimate of drug-likeness (QED) is 0.712. The van der Waals surface area contributed by atoms with Gasteiger partial charge in [-0.15, -0.1) is 0 Å². The first-order valence-electron chi connectivity index (χ1n) is 10.3. The largest absolute Gasteiger partial charge is 0.465 e. The van der Waals surface area contributed by atoms with Crippen LogP contribution in [-0.4, -0.2) is 61.9 Å². The van der Waals surface area contributed by atoms with Crippen molar-refractivity contribution in [1.82, 2.24) is 4.90 Å². The molecule has 1 fully saturated rings. The van der Waals surface area contributed by atoms with E-state index in [0.29, 0.717) is 17.7 Å². The Morgan fingerprint density at radius 3 is 2.57 bits per heavy atom. The van der Waals surface area contributed by atoms with E-state index < -0.39 is 5.60 Å². The minimum absolute atomic E-state index is 0.352. The fourth-order valence-corrected chi connectivity index (χ4v) is 3.94. The number of carbonyl (C=O) groups is 1. The van der Waals surface area contributed by atoms with Crippen LogP contribution in [0.4, 0.5) is 5.69 Å². The first-order chi connectivity index (χ1) is 14.4. The second-order valence-electron chi connectivity index (χ2n) is 8.02. The number of hydrogen-bond acceptors (Lipinski definition) is 6. The van der Waals surface area contributed by atoms with Gasteiger partial charge in [0, 0.05) is 38.9 Å². The first kappa shape index (κ1) is 21.8. The van der Waals surface area contributed by atoms with Crippen molar-refractivity contribution in [3.63, 3.8) is 0 Å². The Hall–Kier alpha value is -2.88. The molecule has 0 unspecified atom stereocenters. The van der Waals surface area contributed by atoms with Crippen LogP contribution >= 0.6 is 0 Å². The minimum atomic E-state index is -0.729. The van der Waals surface area contributed by atoms with Crippen LogP contribution in [0.1, 0.15) is 34.3 Å². The molecule has 1 heterocycles. The van der Waals surface area contributed by atoms with Gasteiger partial charge in [-0.3, -0.25) is 0 Å². The summed E-state index contributed by atoms with van der Waals surface area (Å²) in [4.78, 5) is 16.0. The molecule has 0 spiro atoms. The molecule has 1 aliphatic rings. The van der Waals surface area contributed by atoms with Crippen molar-refractivity contribution in [1.29, 1.82) is 5.26 Å². The first-order valence-corrected chi connectivity index (χ1v) is 10.3. The normalized spacial score (nSPS) is 15.9. The molecule has 2 aromatic carbocycles. The van der Waals surface area contributed by atoms with Gasteiger partial charge in [0.25, 0.3) is 0 Å². The molecular weight excluding hydrogens is 378 g/mol. The van der Waals surface area contributed by atoms with Gasteiger partial charge < -0.3 is 19.6 Å². The number of hydrogen-bond donors (Lipinski definition) is 1. The van der Waals surface area contributed by atoms with Crippen molar-refractivity contribution in [2.75, 3.05) is 45.2 Å². The highest BCUT2D eigenvalue weighted by Crippen LogP contribution is 2.26. The lowest BCUT2D eigenvalue weighted by Crippen LogP contribution is -2.50. The molecule has 6 heteroatoms. The van der Waals surface area contributed by atoms with Gasteiger partial charge in [-0.25, -0.2) is 4.79 Å². The zero-order valence-corrected chi connectivity index (χ0v) is 17.7. The van der Waals surface area contributed by atoms with Gasteiger partial charge in [0.15, 0.2) is 0 Å². The molecule has 1 saturated heterocycles. The van der Waals surface area contributed by atoms with Crippen LogP contribution < -0.4 is 4.90 Å². The van der Waals surface area contributed by atoms with Gasteiger partial charge in [0.05, 0.1) is 29.9 Å². The van der Waals surface area contributed by atoms with E-state index in [4.69, 9.17) is 10.00 Å². The maximum absolute atomic E-state index is 11.6. The lowest BCUT2D eigenvalue weighted by atomic mass is 9.90. The third kappa shape index (κ3) is 5.59. The maximum Gasteiger partial charge on any atom is 0.337 e. The number of nitriles is 1. The lowest BCUT2D eigenvalue weighted by Gasteiger charge is -2.40. The summed E-state index contributed by atoms with van der Waals surface area (Å²) in [6.07, 6.45) is 2.34. The van der Waals surface area contributed by atoms with E-state index in [2.05, 4.69) is 17.0 Å². The van der Waals surface area contributed by atoms with Gasteiger partial charge in [-0.05, 0) is 61.2 Å².